The Bertz CT molecular complexity index is 125. The maximum absolute atomic E-state index is 3.69. The second-order valence-electron chi connectivity index (χ2n) is 2.03. The van der Waals surface area contributed by atoms with E-state index in [0.717, 1.165) is 6.42 Å². The minimum atomic E-state index is 0.327. The quantitative estimate of drug-likeness (QED) is 0.573. The molecular weight excluding hydrogens is 122 g/mol. The van der Waals surface area contributed by atoms with Gasteiger partial charge in [0, 0.05) is 6.04 Å². The lowest BCUT2D eigenvalue weighted by molar-refractivity contribution is 0.712. The zero-order valence-electron chi connectivity index (χ0n) is 6.51. The summed E-state index contributed by atoms with van der Waals surface area (Å²) in [6.45, 7) is 9.31. The first-order valence-corrected chi connectivity index (χ1v) is 3.45. The minimum absolute atomic E-state index is 0.327. The molecule has 1 atom stereocenters. The molecule has 0 aliphatic heterocycles. The van der Waals surface area contributed by atoms with Crippen LogP contribution in [0.3, 0.4) is 0 Å². The van der Waals surface area contributed by atoms with Crippen molar-refractivity contribution in [2.45, 2.75) is 19.4 Å². The fourth-order valence-corrected chi connectivity index (χ4v) is 0.632. The van der Waals surface area contributed by atoms with Gasteiger partial charge in [-0.15, -0.1) is 13.2 Å². The van der Waals surface area contributed by atoms with Gasteiger partial charge in [0.1, 0.15) is 0 Å². The highest BCUT2D eigenvalue weighted by molar-refractivity contribution is 4.94. The van der Waals surface area contributed by atoms with Crippen LogP contribution in [0.15, 0.2) is 37.6 Å². The van der Waals surface area contributed by atoms with Crippen LogP contribution in [0.5, 0.6) is 0 Å². The van der Waals surface area contributed by atoms with E-state index in [9.17, 15) is 0 Å². The third-order valence-electron chi connectivity index (χ3n) is 1.18. The predicted octanol–water partition coefficient (Wildman–Crippen LogP) is 2.24. The van der Waals surface area contributed by atoms with Crippen molar-refractivity contribution in [1.29, 1.82) is 0 Å². The maximum Gasteiger partial charge on any atom is 0.0470 e. The normalized spacial score (nSPS) is 12.9. The van der Waals surface area contributed by atoms with Crippen LogP contribution in [0.25, 0.3) is 0 Å². The second kappa shape index (κ2) is 6.14. The van der Waals surface area contributed by atoms with Gasteiger partial charge in [0.05, 0.1) is 0 Å². The van der Waals surface area contributed by atoms with Crippen molar-refractivity contribution in [3.63, 3.8) is 0 Å². The minimum Gasteiger partial charge on any atom is -0.385 e. The molecule has 0 saturated heterocycles. The highest BCUT2D eigenvalue weighted by Crippen LogP contribution is 1.92. The molecule has 0 spiro atoms. The van der Waals surface area contributed by atoms with Gasteiger partial charge in [-0.1, -0.05) is 18.2 Å². The Morgan fingerprint density at radius 3 is 2.60 bits per heavy atom. The molecule has 0 saturated carbocycles. The lowest BCUT2D eigenvalue weighted by Crippen LogP contribution is -2.20. The first-order valence-electron chi connectivity index (χ1n) is 3.45. The summed E-state index contributed by atoms with van der Waals surface area (Å²) >= 11 is 0. The van der Waals surface area contributed by atoms with E-state index in [0.29, 0.717) is 6.04 Å². The number of hydrogen-bond acceptors (Lipinski definition) is 1. The fraction of sp³-hybridized carbons (Fsp3) is 0.333. The van der Waals surface area contributed by atoms with Crippen LogP contribution in [0, 0.1) is 0 Å². The van der Waals surface area contributed by atoms with Crippen molar-refractivity contribution in [3.05, 3.63) is 37.6 Å². The molecule has 56 valence electrons. The Hall–Kier alpha value is -0.980. The van der Waals surface area contributed by atoms with Crippen molar-refractivity contribution in [3.8, 4) is 0 Å². The smallest absolute Gasteiger partial charge is 0.0470 e. The average Bonchev–Trinajstić information content (AvgIpc) is 1.98. The molecule has 0 aromatic rings. The highest BCUT2D eigenvalue weighted by Gasteiger charge is 1.94. The van der Waals surface area contributed by atoms with Crippen molar-refractivity contribution in [2.24, 2.45) is 0 Å². The number of hydrogen-bond donors (Lipinski definition) is 1. The van der Waals surface area contributed by atoms with Gasteiger partial charge in [-0.25, -0.2) is 0 Å². The van der Waals surface area contributed by atoms with Crippen LogP contribution < -0.4 is 5.32 Å². The second-order valence-corrected chi connectivity index (χ2v) is 2.03. The predicted molar refractivity (Wildman–Crippen MR) is 46.7 cm³/mol. The molecule has 0 radical (unpaired) electrons. The summed E-state index contributed by atoms with van der Waals surface area (Å²) in [6.07, 6.45) is 8.55. The van der Waals surface area contributed by atoms with Gasteiger partial charge in [-0.2, -0.15) is 0 Å². The van der Waals surface area contributed by atoms with Crippen molar-refractivity contribution in [1.82, 2.24) is 5.32 Å². The van der Waals surface area contributed by atoms with Crippen LogP contribution in [-0.2, 0) is 0 Å². The summed E-state index contributed by atoms with van der Waals surface area (Å²) in [4.78, 5) is 0. The highest BCUT2D eigenvalue weighted by atomic mass is 14.9. The van der Waals surface area contributed by atoms with E-state index in [1.54, 1.807) is 0 Å². The van der Waals surface area contributed by atoms with Gasteiger partial charge in [0.15, 0.2) is 0 Å². The van der Waals surface area contributed by atoms with Crippen molar-refractivity contribution < 1.29 is 0 Å². The Morgan fingerprint density at radius 1 is 1.50 bits per heavy atom. The molecule has 1 N–H and O–H groups in total. The average molecular weight is 137 g/mol. The third-order valence-corrected chi connectivity index (χ3v) is 1.18. The van der Waals surface area contributed by atoms with Crippen LogP contribution >= 0.6 is 0 Å². The van der Waals surface area contributed by atoms with Gasteiger partial charge >= 0.3 is 0 Å². The Morgan fingerprint density at radius 2 is 2.20 bits per heavy atom. The molecule has 0 aliphatic rings. The Labute approximate surface area is 63.1 Å². The van der Waals surface area contributed by atoms with Crippen LogP contribution in [0.1, 0.15) is 13.3 Å². The van der Waals surface area contributed by atoms with Crippen LogP contribution in [0.2, 0.25) is 0 Å². The van der Waals surface area contributed by atoms with Gasteiger partial charge in [0.2, 0.25) is 0 Å². The van der Waals surface area contributed by atoms with E-state index in [-0.39, 0.29) is 0 Å². The number of allylic oxidation sites excluding steroid dienone is 1. The summed E-state index contributed by atoms with van der Waals surface area (Å²) in [6, 6.07) is 0.327. The van der Waals surface area contributed by atoms with E-state index in [1.165, 1.54) is 0 Å². The lowest BCUT2D eigenvalue weighted by atomic mass is 10.2. The molecule has 0 aromatic carbocycles. The molecule has 0 heterocycles. The Kier molecular flexibility index (Phi) is 5.54. The monoisotopic (exact) mass is 137 g/mol. The molecule has 0 aromatic heterocycles. The Balaban J connectivity index is 3.58. The summed E-state index contributed by atoms with van der Waals surface area (Å²) < 4.78 is 0. The van der Waals surface area contributed by atoms with Gasteiger partial charge < -0.3 is 5.32 Å². The first kappa shape index (κ1) is 9.02. The first-order chi connectivity index (χ1) is 4.85. The molecule has 0 bridgehead atoms. The standard InChI is InChI=1S/C9H15N/c1-4-7-9(6-3)10-8-5-2/h4-6,8-10H,1,3,7H2,2H3/b8-5+. The third kappa shape index (κ3) is 3.96. The summed E-state index contributed by atoms with van der Waals surface area (Å²) in [5.41, 5.74) is 0. The molecular formula is C9H15N. The SMILES string of the molecule is C=CCC(C=C)N/C=C/C. The molecule has 1 heteroatoms. The van der Waals surface area contributed by atoms with E-state index < -0.39 is 0 Å². The van der Waals surface area contributed by atoms with Crippen molar-refractivity contribution >= 4 is 0 Å². The fourth-order valence-electron chi connectivity index (χ4n) is 0.632. The van der Waals surface area contributed by atoms with Crippen LogP contribution in [0.4, 0.5) is 0 Å². The molecule has 1 nitrogen and oxygen atoms in total. The topological polar surface area (TPSA) is 12.0 Å². The zero-order valence-corrected chi connectivity index (χ0v) is 6.51. The summed E-state index contributed by atoms with van der Waals surface area (Å²) in [5.74, 6) is 0. The number of rotatable bonds is 5. The largest absolute Gasteiger partial charge is 0.385 e. The number of nitrogens with one attached hydrogen (secondary N) is 1. The molecule has 0 amide bonds. The van der Waals surface area contributed by atoms with E-state index in [4.69, 9.17) is 0 Å². The molecule has 0 aliphatic carbocycles. The molecule has 1 unspecified atom stereocenters. The maximum atomic E-state index is 3.69. The lowest BCUT2D eigenvalue weighted by Gasteiger charge is -2.08. The van der Waals surface area contributed by atoms with Crippen molar-refractivity contribution in [2.75, 3.05) is 0 Å². The molecule has 10 heavy (non-hydrogen) atoms. The van der Waals surface area contributed by atoms with Crippen LogP contribution in [-0.4, -0.2) is 6.04 Å². The summed E-state index contributed by atoms with van der Waals surface area (Å²) in [7, 11) is 0. The van der Waals surface area contributed by atoms with Gasteiger partial charge in [-0.05, 0) is 19.5 Å². The van der Waals surface area contributed by atoms with Gasteiger partial charge in [-0.3, -0.25) is 0 Å². The van der Waals surface area contributed by atoms with E-state index in [1.807, 2.05) is 31.4 Å². The summed E-state index contributed by atoms with van der Waals surface area (Å²) in [5, 5.41) is 3.15. The van der Waals surface area contributed by atoms with E-state index >= 15 is 0 Å². The molecule has 0 fully saturated rings. The van der Waals surface area contributed by atoms with E-state index in [2.05, 4.69) is 18.5 Å². The molecule has 0 rings (SSSR count). The van der Waals surface area contributed by atoms with Gasteiger partial charge in [0.25, 0.3) is 0 Å². The zero-order chi connectivity index (χ0) is 7.82.